The Morgan fingerprint density at radius 1 is 1.40 bits per heavy atom. The molecule has 0 fully saturated rings. The standard InChI is InChI=1S/C14H12BrNO4/c1-8-5-12(15)11(7-13(8)16(18)19)14-4-3-10(20-14)6-9(2)17/h3-5,7H,6H2,1-2H3. The molecule has 0 amide bonds. The molecule has 2 rings (SSSR count). The molecule has 0 N–H and O–H groups in total. The number of carbonyl (C=O) groups is 1. The molecule has 0 aliphatic heterocycles. The summed E-state index contributed by atoms with van der Waals surface area (Å²) in [4.78, 5) is 21.6. The van der Waals surface area contributed by atoms with Crippen LogP contribution >= 0.6 is 15.9 Å². The molecule has 0 spiro atoms. The van der Waals surface area contributed by atoms with Crippen LogP contribution in [0.2, 0.25) is 0 Å². The van der Waals surface area contributed by atoms with Crippen molar-refractivity contribution in [3.63, 3.8) is 0 Å². The van der Waals surface area contributed by atoms with Crippen LogP contribution in [-0.2, 0) is 11.2 Å². The smallest absolute Gasteiger partial charge is 0.273 e. The number of nitrogens with zero attached hydrogens (tertiary/aromatic N) is 1. The normalized spacial score (nSPS) is 10.6. The molecule has 5 nitrogen and oxygen atoms in total. The number of carbonyl (C=O) groups excluding carboxylic acids is 1. The van der Waals surface area contributed by atoms with Crippen molar-refractivity contribution < 1.29 is 14.1 Å². The van der Waals surface area contributed by atoms with Crippen molar-refractivity contribution in [1.82, 2.24) is 0 Å². The summed E-state index contributed by atoms with van der Waals surface area (Å²) in [7, 11) is 0. The summed E-state index contributed by atoms with van der Waals surface area (Å²) < 4.78 is 6.27. The largest absolute Gasteiger partial charge is 0.461 e. The number of rotatable bonds is 4. The molecule has 6 heteroatoms. The van der Waals surface area contributed by atoms with E-state index in [-0.39, 0.29) is 17.9 Å². The van der Waals surface area contributed by atoms with Crippen LogP contribution in [0.4, 0.5) is 5.69 Å². The van der Waals surface area contributed by atoms with Gasteiger partial charge in [0, 0.05) is 21.7 Å². The molecule has 20 heavy (non-hydrogen) atoms. The fourth-order valence-corrected chi connectivity index (χ4v) is 2.56. The number of benzene rings is 1. The lowest BCUT2D eigenvalue weighted by atomic mass is 10.1. The quantitative estimate of drug-likeness (QED) is 0.622. The van der Waals surface area contributed by atoms with Crippen LogP contribution < -0.4 is 0 Å². The first kappa shape index (κ1) is 14.5. The Morgan fingerprint density at radius 2 is 2.10 bits per heavy atom. The van der Waals surface area contributed by atoms with Crippen molar-refractivity contribution in [3.8, 4) is 11.3 Å². The van der Waals surface area contributed by atoms with Gasteiger partial charge in [-0.25, -0.2) is 0 Å². The van der Waals surface area contributed by atoms with E-state index in [1.165, 1.54) is 13.0 Å². The number of furan rings is 1. The summed E-state index contributed by atoms with van der Waals surface area (Å²) in [5.41, 5.74) is 1.20. The number of nitro benzene ring substituents is 1. The van der Waals surface area contributed by atoms with Crippen molar-refractivity contribution in [1.29, 1.82) is 0 Å². The number of hydrogen-bond acceptors (Lipinski definition) is 4. The predicted octanol–water partition coefficient (Wildman–Crippen LogP) is 4.06. The van der Waals surface area contributed by atoms with Gasteiger partial charge in [-0.05, 0) is 32.0 Å². The summed E-state index contributed by atoms with van der Waals surface area (Å²) in [5.74, 6) is 1.04. The van der Waals surface area contributed by atoms with Gasteiger partial charge in [0.1, 0.15) is 17.3 Å². The number of nitro groups is 1. The van der Waals surface area contributed by atoms with Gasteiger partial charge in [0.15, 0.2) is 0 Å². The molecule has 0 radical (unpaired) electrons. The van der Waals surface area contributed by atoms with E-state index in [1.54, 1.807) is 25.1 Å². The number of halogens is 1. The summed E-state index contributed by atoms with van der Waals surface area (Å²) in [5, 5.41) is 11.0. The summed E-state index contributed by atoms with van der Waals surface area (Å²) in [6, 6.07) is 6.56. The zero-order valence-electron chi connectivity index (χ0n) is 11.0. The third kappa shape index (κ3) is 2.96. The lowest BCUT2D eigenvalue weighted by molar-refractivity contribution is -0.385. The van der Waals surface area contributed by atoms with E-state index in [4.69, 9.17) is 4.42 Å². The van der Waals surface area contributed by atoms with Gasteiger partial charge in [-0.3, -0.25) is 14.9 Å². The second kappa shape index (κ2) is 5.58. The minimum absolute atomic E-state index is 0.000137. The zero-order chi connectivity index (χ0) is 14.9. The fourth-order valence-electron chi connectivity index (χ4n) is 1.91. The minimum atomic E-state index is -0.426. The molecule has 0 unspecified atom stereocenters. The zero-order valence-corrected chi connectivity index (χ0v) is 12.6. The average molecular weight is 338 g/mol. The summed E-state index contributed by atoms with van der Waals surface area (Å²) in [6.45, 7) is 3.16. The van der Waals surface area contributed by atoms with Crippen LogP contribution in [0.3, 0.4) is 0 Å². The van der Waals surface area contributed by atoms with Crippen LogP contribution in [0.15, 0.2) is 33.2 Å². The fraction of sp³-hybridized carbons (Fsp3) is 0.214. The molecule has 0 bridgehead atoms. The Morgan fingerprint density at radius 3 is 2.70 bits per heavy atom. The molecule has 2 aromatic rings. The van der Waals surface area contributed by atoms with E-state index in [9.17, 15) is 14.9 Å². The van der Waals surface area contributed by atoms with Gasteiger partial charge in [-0.2, -0.15) is 0 Å². The molecule has 1 heterocycles. The van der Waals surface area contributed by atoms with Crippen LogP contribution in [0, 0.1) is 17.0 Å². The van der Waals surface area contributed by atoms with Crippen LogP contribution in [0.1, 0.15) is 18.2 Å². The molecule has 1 aromatic carbocycles. The van der Waals surface area contributed by atoms with E-state index >= 15 is 0 Å². The van der Waals surface area contributed by atoms with Crippen molar-refractivity contribution >= 4 is 27.4 Å². The monoisotopic (exact) mass is 337 g/mol. The second-order valence-electron chi connectivity index (χ2n) is 4.52. The highest BCUT2D eigenvalue weighted by Gasteiger charge is 2.17. The maximum atomic E-state index is 11.1. The van der Waals surface area contributed by atoms with Gasteiger partial charge in [0.2, 0.25) is 0 Å². The van der Waals surface area contributed by atoms with Crippen LogP contribution in [0.25, 0.3) is 11.3 Å². The lowest BCUT2D eigenvalue weighted by Crippen LogP contribution is -1.94. The number of aryl methyl sites for hydroxylation is 1. The van der Waals surface area contributed by atoms with E-state index in [2.05, 4.69) is 15.9 Å². The van der Waals surface area contributed by atoms with Gasteiger partial charge >= 0.3 is 0 Å². The Labute approximate surface area is 123 Å². The number of Topliss-reactive ketones (excluding diaryl/α,β-unsaturated/α-hetero) is 1. The van der Waals surface area contributed by atoms with Crippen molar-refractivity contribution in [2.75, 3.05) is 0 Å². The van der Waals surface area contributed by atoms with E-state index in [0.717, 1.165) is 0 Å². The maximum absolute atomic E-state index is 11.1. The number of hydrogen-bond donors (Lipinski definition) is 0. The molecule has 0 aliphatic carbocycles. The van der Waals surface area contributed by atoms with Crippen LogP contribution in [0.5, 0.6) is 0 Å². The van der Waals surface area contributed by atoms with E-state index in [1.807, 2.05) is 0 Å². The Bertz CT molecular complexity index is 690. The minimum Gasteiger partial charge on any atom is -0.461 e. The molecule has 0 saturated carbocycles. The Balaban J connectivity index is 2.46. The average Bonchev–Trinajstić information content (AvgIpc) is 2.75. The van der Waals surface area contributed by atoms with E-state index < -0.39 is 4.92 Å². The first-order valence-electron chi connectivity index (χ1n) is 5.91. The predicted molar refractivity (Wildman–Crippen MR) is 77.6 cm³/mol. The molecule has 1 aromatic heterocycles. The van der Waals surface area contributed by atoms with Crippen molar-refractivity contribution in [3.05, 3.63) is 50.2 Å². The molecular weight excluding hydrogens is 326 g/mol. The van der Waals surface area contributed by atoms with Crippen molar-refractivity contribution in [2.45, 2.75) is 20.3 Å². The van der Waals surface area contributed by atoms with Gasteiger partial charge < -0.3 is 4.42 Å². The highest BCUT2D eigenvalue weighted by Crippen LogP contribution is 2.35. The topological polar surface area (TPSA) is 73.3 Å². The van der Waals surface area contributed by atoms with Gasteiger partial charge in [-0.15, -0.1) is 0 Å². The summed E-state index contributed by atoms with van der Waals surface area (Å²) in [6.07, 6.45) is 0.214. The molecule has 0 aliphatic rings. The SMILES string of the molecule is CC(=O)Cc1ccc(-c2cc([N+](=O)[O-])c(C)cc2Br)o1. The van der Waals surface area contributed by atoms with Gasteiger partial charge in [-0.1, -0.05) is 15.9 Å². The van der Waals surface area contributed by atoms with Gasteiger partial charge in [0.25, 0.3) is 5.69 Å². The summed E-state index contributed by atoms with van der Waals surface area (Å²) >= 11 is 3.38. The molecule has 104 valence electrons. The number of ketones is 1. The second-order valence-corrected chi connectivity index (χ2v) is 5.37. The highest BCUT2D eigenvalue weighted by molar-refractivity contribution is 9.10. The van der Waals surface area contributed by atoms with Crippen LogP contribution in [-0.4, -0.2) is 10.7 Å². The third-order valence-electron chi connectivity index (χ3n) is 2.83. The lowest BCUT2D eigenvalue weighted by Gasteiger charge is -2.04. The van der Waals surface area contributed by atoms with Crippen molar-refractivity contribution in [2.24, 2.45) is 0 Å². The first-order chi connectivity index (χ1) is 9.38. The molecular formula is C14H12BrNO4. The van der Waals surface area contributed by atoms with Gasteiger partial charge in [0.05, 0.1) is 11.3 Å². The highest BCUT2D eigenvalue weighted by atomic mass is 79.9. The Kier molecular flexibility index (Phi) is 4.04. The third-order valence-corrected chi connectivity index (χ3v) is 3.49. The molecule has 0 saturated heterocycles. The maximum Gasteiger partial charge on any atom is 0.273 e. The van der Waals surface area contributed by atoms with E-state index in [0.29, 0.717) is 27.1 Å². The molecule has 0 atom stereocenters. The Hall–Kier alpha value is -1.95. The first-order valence-corrected chi connectivity index (χ1v) is 6.71.